The number of hydrogen-bond acceptors (Lipinski definition) is 3. The van der Waals surface area contributed by atoms with Crippen molar-refractivity contribution in [2.45, 2.75) is 26.7 Å². The number of allylic oxidation sites excluding steroid dienone is 5. The zero-order valence-corrected chi connectivity index (χ0v) is 35.3. The van der Waals surface area contributed by atoms with Crippen molar-refractivity contribution >= 4 is 54.9 Å². The monoisotopic (exact) mass is 808 g/mol. The molecule has 2 aliphatic rings. The third kappa shape index (κ3) is 6.08. The lowest BCUT2D eigenvalue weighted by molar-refractivity contribution is 0.551. The third-order valence-electron chi connectivity index (χ3n) is 13.5. The van der Waals surface area contributed by atoms with Crippen LogP contribution >= 0.6 is 0 Å². The summed E-state index contributed by atoms with van der Waals surface area (Å²) in [5.41, 5.74) is 14.2. The Morgan fingerprint density at radius 1 is 0.460 bits per heavy atom. The molecule has 2 unspecified atom stereocenters. The molecule has 4 heteroatoms. The van der Waals surface area contributed by atoms with Gasteiger partial charge >= 0.3 is 0 Å². The minimum absolute atomic E-state index is 0.449. The van der Waals surface area contributed by atoms with Crippen LogP contribution in [0.2, 0.25) is 0 Å². The second-order valence-electron chi connectivity index (χ2n) is 17.2. The zero-order chi connectivity index (χ0) is 42.0. The van der Waals surface area contributed by atoms with E-state index in [-0.39, 0.29) is 0 Å². The Hall–Kier alpha value is -7.69. The highest BCUT2D eigenvalue weighted by atomic mass is 15.1. The molecule has 12 rings (SSSR count). The Labute approximate surface area is 367 Å². The quantitative estimate of drug-likeness (QED) is 0.157. The van der Waals surface area contributed by atoms with Crippen LogP contribution in [-0.2, 0) is 6.42 Å². The van der Waals surface area contributed by atoms with E-state index in [0.717, 1.165) is 41.1 Å². The van der Waals surface area contributed by atoms with Gasteiger partial charge in [0.25, 0.3) is 0 Å². The van der Waals surface area contributed by atoms with E-state index in [1.165, 1.54) is 87.9 Å². The molecule has 3 aromatic heterocycles. The molecule has 300 valence electrons. The molecule has 0 fully saturated rings. The number of rotatable bonds is 6. The molecule has 2 aliphatic carbocycles. The first-order chi connectivity index (χ1) is 31.1. The summed E-state index contributed by atoms with van der Waals surface area (Å²) in [6.45, 7) is 4.61. The maximum absolute atomic E-state index is 5.35. The molecule has 7 aromatic carbocycles. The lowest BCUT2D eigenvalue weighted by atomic mass is 9.83. The van der Waals surface area contributed by atoms with Crippen LogP contribution in [0.3, 0.4) is 0 Å². The molecule has 0 amide bonds. The van der Waals surface area contributed by atoms with E-state index in [0.29, 0.717) is 11.8 Å². The third-order valence-corrected chi connectivity index (χ3v) is 13.5. The standard InChI is InChI=1S/C59H44N4/c1-37-22-24-44(34-38(37)2)63-54-21-10-9-20-53(54)62-59(63)43-13-11-12-41(35-43)57-47-16-5-7-18-49(47)58(50-19-8-6-17-48(50)57)42-23-25-51-52(36-42)56(40-28-32-61-33-29-40)46-15-4-3-14-45(46)55(51)39-26-30-60-31-27-39/h3-9,11-20,22-38H,10,21H2,1-2H3. The van der Waals surface area contributed by atoms with E-state index in [4.69, 9.17) is 4.98 Å². The molecule has 3 heterocycles. The maximum atomic E-state index is 5.35. The first kappa shape index (κ1) is 37.1. The van der Waals surface area contributed by atoms with Gasteiger partial charge in [-0.25, -0.2) is 4.98 Å². The van der Waals surface area contributed by atoms with Crippen LogP contribution in [0.1, 0.15) is 31.7 Å². The molecule has 0 aliphatic heterocycles. The Morgan fingerprint density at radius 2 is 0.968 bits per heavy atom. The van der Waals surface area contributed by atoms with Gasteiger partial charge in [-0.2, -0.15) is 0 Å². The normalized spacial score (nSPS) is 15.9. The summed E-state index contributed by atoms with van der Waals surface area (Å²) in [4.78, 5) is 14.1. The molecule has 2 atom stereocenters. The van der Waals surface area contributed by atoms with E-state index in [9.17, 15) is 0 Å². The SMILES string of the molecule is CC1C=CC(n2c(-c3cccc(-c4c5ccccc5c(-c5ccc6c(-c7ccncc7)c7ccccc7c(-c7ccncc7)c6c5)c5ccccc45)c3)nc3c2CCC=C3)=CC1C. The van der Waals surface area contributed by atoms with Crippen molar-refractivity contribution in [3.05, 3.63) is 200 Å². The van der Waals surface area contributed by atoms with Gasteiger partial charge in [0, 0.05) is 36.0 Å². The molecule has 0 radical (unpaired) electrons. The van der Waals surface area contributed by atoms with Crippen LogP contribution in [-0.4, -0.2) is 19.5 Å². The van der Waals surface area contributed by atoms with Gasteiger partial charge in [-0.05, 0) is 161 Å². The van der Waals surface area contributed by atoms with Crippen molar-refractivity contribution < 1.29 is 0 Å². The number of pyridine rings is 2. The lowest BCUT2D eigenvalue weighted by Gasteiger charge is -2.23. The summed E-state index contributed by atoms with van der Waals surface area (Å²) in [6, 6.07) is 51.4. The fourth-order valence-electron chi connectivity index (χ4n) is 10.3. The minimum atomic E-state index is 0.449. The van der Waals surface area contributed by atoms with Crippen LogP contribution < -0.4 is 0 Å². The van der Waals surface area contributed by atoms with E-state index < -0.39 is 0 Å². The number of fused-ring (bicyclic) bond motifs is 5. The van der Waals surface area contributed by atoms with E-state index >= 15 is 0 Å². The second kappa shape index (κ2) is 15.0. The van der Waals surface area contributed by atoms with Crippen molar-refractivity contribution in [1.29, 1.82) is 0 Å². The number of nitrogens with zero attached hydrogens (tertiary/aromatic N) is 4. The summed E-state index contributed by atoms with van der Waals surface area (Å²) in [7, 11) is 0. The van der Waals surface area contributed by atoms with Gasteiger partial charge in [0.1, 0.15) is 5.82 Å². The topological polar surface area (TPSA) is 43.6 Å². The molecule has 0 saturated carbocycles. The fraction of sp³-hybridized carbons (Fsp3) is 0.102. The maximum Gasteiger partial charge on any atom is 0.145 e. The highest BCUT2D eigenvalue weighted by Gasteiger charge is 2.25. The second-order valence-corrected chi connectivity index (χ2v) is 17.2. The van der Waals surface area contributed by atoms with Gasteiger partial charge in [0.15, 0.2) is 0 Å². The molecule has 0 spiro atoms. The average molecular weight is 809 g/mol. The summed E-state index contributed by atoms with van der Waals surface area (Å²) in [5.74, 6) is 1.95. The molecule has 10 aromatic rings. The number of imidazole rings is 1. The Morgan fingerprint density at radius 3 is 1.54 bits per heavy atom. The fourth-order valence-corrected chi connectivity index (χ4v) is 10.3. The molecule has 63 heavy (non-hydrogen) atoms. The lowest BCUT2D eigenvalue weighted by Crippen LogP contribution is -2.12. The highest BCUT2D eigenvalue weighted by molar-refractivity contribution is 6.25. The Balaban J connectivity index is 1.10. The van der Waals surface area contributed by atoms with Crippen molar-refractivity contribution in [1.82, 2.24) is 19.5 Å². The number of benzene rings is 7. The Bertz CT molecular complexity index is 3480. The smallest absolute Gasteiger partial charge is 0.145 e. The molecule has 0 N–H and O–H groups in total. The van der Waals surface area contributed by atoms with Gasteiger partial charge < -0.3 is 0 Å². The molecule has 0 bridgehead atoms. The molecule has 4 nitrogen and oxygen atoms in total. The van der Waals surface area contributed by atoms with Gasteiger partial charge in [0.05, 0.1) is 11.4 Å². The van der Waals surface area contributed by atoms with Crippen molar-refractivity contribution in [3.8, 4) is 55.9 Å². The minimum Gasteiger partial charge on any atom is -0.296 e. The van der Waals surface area contributed by atoms with Crippen LogP contribution in [0.4, 0.5) is 0 Å². The van der Waals surface area contributed by atoms with Crippen LogP contribution in [0.5, 0.6) is 0 Å². The highest BCUT2D eigenvalue weighted by Crippen LogP contribution is 2.48. The molecular formula is C59H44N4. The Kier molecular flexibility index (Phi) is 8.86. The van der Waals surface area contributed by atoms with Crippen molar-refractivity contribution in [3.63, 3.8) is 0 Å². The van der Waals surface area contributed by atoms with Crippen molar-refractivity contribution in [2.75, 3.05) is 0 Å². The number of aromatic nitrogens is 4. The average Bonchev–Trinajstić information content (AvgIpc) is 3.73. The summed E-state index contributed by atoms with van der Waals surface area (Å²) in [6.07, 6.45) is 21.1. The van der Waals surface area contributed by atoms with E-state index in [2.05, 4.69) is 198 Å². The zero-order valence-electron chi connectivity index (χ0n) is 35.3. The molecular weight excluding hydrogens is 765 g/mol. The van der Waals surface area contributed by atoms with Crippen LogP contribution in [0.15, 0.2) is 189 Å². The van der Waals surface area contributed by atoms with Gasteiger partial charge in [-0.15, -0.1) is 0 Å². The first-order valence-corrected chi connectivity index (χ1v) is 22.1. The predicted molar refractivity (Wildman–Crippen MR) is 264 cm³/mol. The van der Waals surface area contributed by atoms with Gasteiger partial charge in [-0.1, -0.05) is 135 Å². The molecule has 0 saturated heterocycles. The van der Waals surface area contributed by atoms with Crippen LogP contribution in [0.25, 0.3) is 111 Å². The van der Waals surface area contributed by atoms with E-state index in [1.54, 1.807) is 0 Å². The number of hydrogen-bond donors (Lipinski definition) is 0. The summed E-state index contributed by atoms with van der Waals surface area (Å²) in [5, 5.41) is 9.72. The predicted octanol–water partition coefficient (Wildman–Crippen LogP) is 15.3. The van der Waals surface area contributed by atoms with Gasteiger partial charge in [-0.3, -0.25) is 14.5 Å². The first-order valence-electron chi connectivity index (χ1n) is 22.1. The van der Waals surface area contributed by atoms with Crippen molar-refractivity contribution in [2.24, 2.45) is 11.8 Å². The summed E-state index contributed by atoms with van der Waals surface area (Å²) < 4.78 is 2.43. The summed E-state index contributed by atoms with van der Waals surface area (Å²) >= 11 is 0. The largest absolute Gasteiger partial charge is 0.296 e. The van der Waals surface area contributed by atoms with Crippen LogP contribution in [0, 0.1) is 11.8 Å². The van der Waals surface area contributed by atoms with Gasteiger partial charge in [0.2, 0.25) is 0 Å². The van der Waals surface area contributed by atoms with E-state index in [1.807, 2.05) is 24.8 Å².